The van der Waals surface area contributed by atoms with Crippen LogP contribution in [0.15, 0.2) is 58.4 Å². The summed E-state index contributed by atoms with van der Waals surface area (Å²) in [6.45, 7) is 2.45. The molecule has 0 saturated heterocycles. The van der Waals surface area contributed by atoms with Crippen molar-refractivity contribution in [2.45, 2.75) is 43.5 Å². The molecule has 0 bridgehead atoms. The van der Waals surface area contributed by atoms with Gasteiger partial charge in [-0.15, -0.1) is 0 Å². The largest absolute Gasteiger partial charge is 0.325 e. The quantitative estimate of drug-likeness (QED) is 0.659. The van der Waals surface area contributed by atoms with Gasteiger partial charge in [-0.3, -0.25) is 19.4 Å². The first-order valence-corrected chi connectivity index (χ1v) is 12.2. The third-order valence-electron chi connectivity index (χ3n) is 5.46. The second-order valence-corrected chi connectivity index (χ2v) is 9.62. The first-order chi connectivity index (χ1) is 15.3. The van der Waals surface area contributed by atoms with Gasteiger partial charge >= 0.3 is 0 Å². The maximum absolute atomic E-state index is 14.0. The summed E-state index contributed by atoms with van der Waals surface area (Å²) in [7, 11) is -2.06. The number of carbonyl (C=O) groups excluding carboxylic acids is 1. The standard InChI is InChI=1S/C23H29FN4O3S/c1-17(20-11-5-6-12-21(20)24)28(2)16-23(29)26-18-9-8-10-19(15-18)32(30,31)27-22-13-4-3-7-14-25-22/h5-6,8-12,15,17H,3-4,7,13-14,16H2,1-2H3,(H,25,27)(H,26,29). The van der Waals surface area contributed by atoms with Crippen LogP contribution < -0.4 is 10.0 Å². The van der Waals surface area contributed by atoms with Crippen molar-refractivity contribution >= 4 is 27.5 Å². The lowest BCUT2D eigenvalue weighted by Gasteiger charge is -2.24. The lowest BCUT2D eigenvalue weighted by molar-refractivity contribution is -0.117. The Kier molecular flexibility index (Phi) is 7.98. The van der Waals surface area contributed by atoms with Crippen molar-refractivity contribution in [3.63, 3.8) is 0 Å². The van der Waals surface area contributed by atoms with E-state index in [9.17, 15) is 17.6 Å². The number of hydrogen-bond acceptors (Lipinski definition) is 5. The van der Waals surface area contributed by atoms with Crippen LogP contribution in [0.4, 0.5) is 10.1 Å². The molecule has 172 valence electrons. The Morgan fingerprint density at radius 2 is 1.94 bits per heavy atom. The van der Waals surface area contributed by atoms with Crippen LogP contribution in [0.1, 0.15) is 44.2 Å². The van der Waals surface area contributed by atoms with E-state index in [2.05, 4.69) is 15.0 Å². The predicted octanol–water partition coefficient (Wildman–Crippen LogP) is 3.71. The van der Waals surface area contributed by atoms with Crippen molar-refractivity contribution in [3.8, 4) is 0 Å². The number of carbonyl (C=O) groups is 1. The molecule has 1 atom stereocenters. The zero-order chi connectivity index (χ0) is 23.1. The molecular weight excluding hydrogens is 431 g/mol. The van der Waals surface area contributed by atoms with E-state index < -0.39 is 10.0 Å². The van der Waals surface area contributed by atoms with Crippen molar-refractivity contribution in [2.75, 3.05) is 25.5 Å². The van der Waals surface area contributed by atoms with Crippen molar-refractivity contribution in [2.24, 2.45) is 4.99 Å². The second-order valence-electron chi connectivity index (χ2n) is 7.93. The van der Waals surface area contributed by atoms with Crippen LogP contribution in [0.25, 0.3) is 0 Å². The highest BCUT2D eigenvalue weighted by molar-refractivity contribution is 7.90. The number of likely N-dealkylation sites (N-methyl/N-ethyl adjacent to an activating group) is 1. The van der Waals surface area contributed by atoms with E-state index >= 15 is 0 Å². The molecule has 0 fully saturated rings. The van der Waals surface area contributed by atoms with Gasteiger partial charge in [-0.05, 0) is 51.1 Å². The Labute approximate surface area is 188 Å². The van der Waals surface area contributed by atoms with Crippen LogP contribution in [0.2, 0.25) is 0 Å². The summed E-state index contributed by atoms with van der Waals surface area (Å²) >= 11 is 0. The molecule has 0 radical (unpaired) electrons. The van der Waals surface area contributed by atoms with Gasteiger partial charge in [-0.25, -0.2) is 12.8 Å². The number of nitrogens with one attached hydrogen (secondary N) is 2. The molecule has 2 aromatic carbocycles. The fourth-order valence-corrected chi connectivity index (χ4v) is 4.66. The number of amides is 1. The molecular formula is C23H29FN4O3S. The van der Waals surface area contributed by atoms with Gasteiger partial charge in [0.15, 0.2) is 0 Å². The van der Waals surface area contributed by atoms with Gasteiger partial charge < -0.3 is 5.32 Å². The third-order valence-corrected chi connectivity index (χ3v) is 6.84. The van der Waals surface area contributed by atoms with E-state index in [4.69, 9.17) is 0 Å². The maximum atomic E-state index is 14.0. The van der Waals surface area contributed by atoms with Gasteiger partial charge in [0.1, 0.15) is 11.7 Å². The fraction of sp³-hybridized carbons (Fsp3) is 0.391. The summed E-state index contributed by atoms with van der Waals surface area (Å²) in [4.78, 5) is 18.6. The monoisotopic (exact) mass is 460 g/mol. The summed E-state index contributed by atoms with van der Waals surface area (Å²) in [5.74, 6) is -0.178. The van der Waals surface area contributed by atoms with E-state index in [0.29, 0.717) is 30.1 Å². The third kappa shape index (κ3) is 6.37. The Bertz CT molecular complexity index is 1090. The summed E-state index contributed by atoms with van der Waals surface area (Å²) in [5.41, 5.74) is 0.871. The Morgan fingerprint density at radius 3 is 2.72 bits per heavy atom. The van der Waals surface area contributed by atoms with Gasteiger partial charge in [-0.2, -0.15) is 0 Å². The summed E-state index contributed by atoms with van der Waals surface area (Å²) < 4.78 is 42.1. The molecule has 1 aliphatic rings. The first kappa shape index (κ1) is 23.9. The minimum absolute atomic E-state index is 0.0154. The Balaban J connectivity index is 1.64. The number of anilines is 1. The molecule has 0 spiro atoms. The van der Waals surface area contributed by atoms with E-state index in [0.717, 1.165) is 19.3 Å². The first-order valence-electron chi connectivity index (χ1n) is 10.7. The maximum Gasteiger partial charge on any atom is 0.262 e. The van der Waals surface area contributed by atoms with E-state index in [1.54, 1.807) is 42.3 Å². The fourth-order valence-electron chi connectivity index (χ4n) is 3.53. The number of benzene rings is 2. The normalized spacial score (nSPS) is 15.6. The minimum atomic E-state index is -3.80. The summed E-state index contributed by atoms with van der Waals surface area (Å²) in [5, 5.41) is 2.72. The molecule has 2 aromatic rings. The van der Waals surface area contributed by atoms with Crippen molar-refractivity contribution < 1.29 is 17.6 Å². The van der Waals surface area contributed by atoms with E-state index in [1.165, 1.54) is 18.2 Å². The van der Waals surface area contributed by atoms with E-state index in [1.807, 2.05) is 6.92 Å². The molecule has 1 heterocycles. The number of aliphatic imine (C=N–C) groups is 1. The number of halogens is 1. The molecule has 0 aromatic heterocycles. The van der Waals surface area contributed by atoms with Gasteiger partial charge in [0, 0.05) is 30.3 Å². The summed E-state index contributed by atoms with van der Waals surface area (Å²) in [6.07, 6.45) is 3.48. The van der Waals surface area contributed by atoms with Crippen LogP contribution in [0.3, 0.4) is 0 Å². The van der Waals surface area contributed by atoms with Gasteiger partial charge in [0.05, 0.1) is 11.4 Å². The van der Waals surface area contributed by atoms with E-state index in [-0.39, 0.29) is 29.2 Å². The van der Waals surface area contributed by atoms with Crippen molar-refractivity contribution in [1.82, 2.24) is 9.62 Å². The Hall–Kier alpha value is -2.78. The highest BCUT2D eigenvalue weighted by atomic mass is 32.2. The molecule has 32 heavy (non-hydrogen) atoms. The van der Waals surface area contributed by atoms with Crippen molar-refractivity contribution in [1.29, 1.82) is 0 Å². The molecule has 7 nitrogen and oxygen atoms in total. The van der Waals surface area contributed by atoms with Crippen LogP contribution in [0.5, 0.6) is 0 Å². The molecule has 0 aliphatic carbocycles. The number of rotatable bonds is 7. The predicted molar refractivity (Wildman–Crippen MR) is 124 cm³/mol. The van der Waals surface area contributed by atoms with Gasteiger partial charge in [0.25, 0.3) is 10.0 Å². The molecule has 1 aliphatic heterocycles. The average Bonchev–Trinajstić information content (AvgIpc) is 3.02. The number of amidine groups is 1. The Morgan fingerprint density at radius 1 is 1.16 bits per heavy atom. The SMILES string of the molecule is CC(c1ccccc1F)N(C)CC(=O)Nc1cccc(S(=O)(=O)NC2=NCCCCC2)c1. The zero-order valence-electron chi connectivity index (χ0n) is 18.3. The molecule has 3 rings (SSSR count). The molecule has 1 unspecified atom stereocenters. The van der Waals surface area contributed by atoms with Crippen LogP contribution >= 0.6 is 0 Å². The molecule has 1 amide bonds. The summed E-state index contributed by atoms with van der Waals surface area (Å²) in [6, 6.07) is 12.2. The molecule has 9 heteroatoms. The van der Waals surface area contributed by atoms with Crippen LogP contribution in [-0.2, 0) is 14.8 Å². The molecule has 0 saturated carbocycles. The lowest BCUT2D eigenvalue weighted by atomic mass is 10.1. The van der Waals surface area contributed by atoms with Gasteiger partial charge in [-0.1, -0.05) is 30.7 Å². The van der Waals surface area contributed by atoms with Gasteiger partial charge in [0.2, 0.25) is 5.91 Å². The number of hydrogen-bond donors (Lipinski definition) is 2. The average molecular weight is 461 g/mol. The topological polar surface area (TPSA) is 90.9 Å². The zero-order valence-corrected chi connectivity index (χ0v) is 19.2. The van der Waals surface area contributed by atoms with Crippen LogP contribution in [-0.4, -0.2) is 45.2 Å². The minimum Gasteiger partial charge on any atom is -0.325 e. The number of sulfonamides is 1. The second kappa shape index (κ2) is 10.7. The highest BCUT2D eigenvalue weighted by Crippen LogP contribution is 2.22. The van der Waals surface area contributed by atoms with Crippen molar-refractivity contribution in [3.05, 3.63) is 59.9 Å². The van der Waals surface area contributed by atoms with Crippen LogP contribution in [0, 0.1) is 5.82 Å². The molecule has 2 N–H and O–H groups in total. The highest BCUT2D eigenvalue weighted by Gasteiger charge is 2.20. The smallest absolute Gasteiger partial charge is 0.262 e. The lowest BCUT2D eigenvalue weighted by Crippen LogP contribution is -2.33. The number of nitrogens with zero attached hydrogens (tertiary/aromatic N) is 2.